The van der Waals surface area contributed by atoms with Crippen LogP contribution in [0, 0.1) is 17.4 Å². The molecule has 0 saturated heterocycles. The Balaban J connectivity index is 1.99. The number of halogens is 1. The van der Waals surface area contributed by atoms with E-state index in [1.54, 1.807) is 0 Å². The van der Waals surface area contributed by atoms with E-state index >= 15 is 0 Å². The number of allylic oxidation sites excluding steroid dienone is 3. The van der Waals surface area contributed by atoms with Crippen LogP contribution in [-0.4, -0.2) is 11.8 Å². The Morgan fingerprint density at radius 1 is 1.42 bits per heavy atom. The van der Waals surface area contributed by atoms with E-state index < -0.39 is 0 Å². The van der Waals surface area contributed by atoms with Gasteiger partial charge in [-0.15, -0.1) is 0 Å². The predicted octanol–water partition coefficient (Wildman–Crippen LogP) is 5.56. The van der Waals surface area contributed by atoms with Gasteiger partial charge in [0, 0.05) is 22.4 Å². The highest BCUT2D eigenvalue weighted by Gasteiger charge is 2.34. The minimum absolute atomic E-state index is 0.0345. The first-order valence-corrected chi connectivity index (χ1v) is 9.18. The van der Waals surface area contributed by atoms with Gasteiger partial charge in [-0.05, 0) is 56.9 Å². The third-order valence-electron chi connectivity index (χ3n) is 4.86. The summed E-state index contributed by atoms with van der Waals surface area (Å²) >= 11 is 3.49. The molecule has 0 saturated carbocycles. The van der Waals surface area contributed by atoms with Gasteiger partial charge in [0.25, 0.3) is 0 Å². The average Bonchev–Trinajstić information content (AvgIpc) is 2.57. The van der Waals surface area contributed by atoms with E-state index in [4.69, 9.17) is 10.00 Å². The molecule has 3 nitrogen and oxygen atoms in total. The number of rotatable bonds is 2. The van der Waals surface area contributed by atoms with Gasteiger partial charge in [0.2, 0.25) is 6.19 Å². The maximum absolute atomic E-state index is 9.08. The maximum Gasteiger partial charge on any atom is 0.205 e. The van der Waals surface area contributed by atoms with Gasteiger partial charge in [0.1, 0.15) is 11.9 Å². The van der Waals surface area contributed by atoms with Crippen LogP contribution >= 0.6 is 15.9 Å². The molecule has 24 heavy (non-hydrogen) atoms. The fourth-order valence-electron chi connectivity index (χ4n) is 3.76. The van der Waals surface area contributed by atoms with Crippen molar-refractivity contribution >= 4 is 21.6 Å². The Bertz CT molecular complexity index is 770. The summed E-state index contributed by atoms with van der Waals surface area (Å²) in [5, 5.41) is 9.08. The molecule has 0 bridgehead atoms. The zero-order chi connectivity index (χ0) is 17.1. The number of nitriles is 1. The van der Waals surface area contributed by atoms with Gasteiger partial charge >= 0.3 is 0 Å². The zero-order valence-electron chi connectivity index (χ0n) is 14.1. The number of aliphatic imine (C=N–C) groups is 1. The Morgan fingerprint density at radius 2 is 2.25 bits per heavy atom. The molecule has 1 aliphatic heterocycles. The lowest BCUT2D eigenvalue weighted by molar-refractivity contribution is 0.143. The minimum atomic E-state index is 0.0345. The van der Waals surface area contributed by atoms with Gasteiger partial charge in [-0.25, -0.2) is 0 Å². The van der Waals surface area contributed by atoms with Crippen molar-refractivity contribution in [1.82, 2.24) is 0 Å². The van der Waals surface area contributed by atoms with E-state index in [1.807, 2.05) is 24.4 Å². The Labute approximate surface area is 151 Å². The first kappa shape index (κ1) is 17.0. The van der Waals surface area contributed by atoms with E-state index in [0.29, 0.717) is 12.3 Å². The third-order valence-corrected chi connectivity index (χ3v) is 5.36. The summed E-state index contributed by atoms with van der Waals surface area (Å²) in [4.78, 5) is 4.09. The van der Waals surface area contributed by atoms with Crippen molar-refractivity contribution < 1.29 is 4.74 Å². The quantitative estimate of drug-likeness (QED) is 0.626. The molecule has 0 radical (unpaired) electrons. The summed E-state index contributed by atoms with van der Waals surface area (Å²) < 4.78 is 7.32. The highest BCUT2D eigenvalue weighted by Crippen LogP contribution is 2.40. The van der Waals surface area contributed by atoms with Gasteiger partial charge in [0.05, 0.1) is 5.71 Å². The van der Waals surface area contributed by atoms with E-state index in [0.717, 1.165) is 34.3 Å². The third kappa shape index (κ3) is 3.32. The topological polar surface area (TPSA) is 45.4 Å². The minimum Gasteiger partial charge on any atom is -0.489 e. The molecule has 2 atom stereocenters. The predicted molar refractivity (Wildman–Crippen MR) is 100 cm³/mol. The van der Waals surface area contributed by atoms with Crippen molar-refractivity contribution in [2.45, 2.75) is 45.6 Å². The first-order valence-electron chi connectivity index (χ1n) is 8.38. The molecule has 4 heteroatoms. The fourth-order valence-corrected chi connectivity index (χ4v) is 4.12. The Hall–Kier alpha value is -1.86. The normalized spacial score (nSPS) is 25.5. The van der Waals surface area contributed by atoms with Crippen molar-refractivity contribution in [3.8, 4) is 11.9 Å². The van der Waals surface area contributed by atoms with Crippen LogP contribution in [-0.2, 0) is 0 Å². The Morgan fingerprint density at radius 3 is 3.00 bits per heavy atom. The lowest BCUT2D eigenvalue weighted by Gasteiger charge is -2.36. The van der Waals surface area contributed by atoms with Crippen LogP contribution in [0.2, 0.25) is 0 Å². The molecule has 1 heterocycles. The molecule has 0 N–H and O–H groups in total. The lowest BCUT2D eigenvalue weighted by Crippen LogP contribution is -2.36. The van der Waals surface area contributed by atoms with Crippen molar-refractivity contribution in [2.75, 3.05) is 0 Å². The summed E-state index contributed by atoms with van der Waals surface area (Å²) in [6.07, 6.45) is 10.5. The number of hydrogen-bond donors (Lipinski definition) is 0. The van der Waals surface area contributed by atoms with E-state index in [-0.39, 0.29) is 6.10 Å². The van der Waals surface area contributed by atoms with Crippen molar-refractivity contribution in [1.29, 1.82) is 5.26 Å². The maximum atomic E-state index is 9.08. The molecule has 2 aliphatic rings. The molecule has 0 amide bonds. The molecule has 1 aromatic rings. The van der Waals surface area contributed by atoms with Crippen LogP contribution < -0.4 is 4.74 Å². The zero-order valence-corrected chi connectivity index (χ0v) is 15.6. The van der Waals surface area contributed by atoms with Crippen molar-refractivity contribution in [2.24, 2.45) is 10.9 Å². The molecule has 1 aromatic carbocycles. The van der Waals surface area contributed by atoms with Crippen LogP contribution in [0.15, 0.2) is 51.0 Å². The molecule has 124 valence electrons. The van der Waals surface area contributed by atoms with E-state index in [1.165, 1.54) is 17.6 Å². The number of ether oxygens (including phenoxy) is 1. The van der Waals surface area contributed by atoms with Crippen molar-refractivity contribution in [3.05, 3.63) is 51.5 Å². The first-order chi connectivity index (χ1) is 11.6. The summed E-state index contributed by atoms with van der Waals surface area (Å²) in [6.45, 7) is 4.28. The number of hydrogen-bond acceptors (Lipinski definition) is 3. The van der Waals surface area contributed by atoms with Crippen LogP contribution in [0.4, 0.5) is 0 Å². The van der Waals surface area contributed by atoms with Gasteiger partial charge in [-0.2, -0.15) is 10.3 Å². The molecule has 3 rings (SSSR count). The largest absolute Gasteiger partial charge is 0.489 e. The lowest BCUT2D eigenvalue weighted by atomic mass is 9.77. The van der Waals surface area contributed by atoms with Gasteiger partial charge < -0.3 is 4.74 Å². The van der Waals surface area contributed by atoms with Crippen LogP contribution in [0.5, 0.6) is 5.75 Å². The average molecular weight is 385 g/mol. The summed E-state index contributed by atoms with van der Waals surface area (Å²) in [5.41, 5.74) is 4.60. The van der Waals surface area contributed by atoms with Crippen molar-refractivity contribution in [3.63, 3.8) is 0 Å². The van der Waals surface area contributed by atoms with Crippen LogP contribution in [0.1, 0.15) is 45.1 Å². The molecule has 0 aromatic heterocycles. The molecule has 1 aliphatic carbocycles. The molecular formula is C20H21BrN2O. The summed E-state index contributed by atoms with van der Waals surface area (Å²) in [7, 11) is 0. The van der Waals surface area contributed by atoms with Gasteiger partial charge in [-0.1, -0.05) is 33.7 Å². The Kier molecular flexibility index (Phi) is 5.20. The fraction of sp³-hybridized carbons (Fsp3) is 0.400. The van der Waals surface area contributed by atoms with Crippen LogP contribution in [0.3, 0.4) is 0 Å². The van der Waals surface area contributed by atoms with E-state index in [9.17, 15) is 0 Å². The highest BCUT2D eigenvalue weighted by molar-refractivity contribution is 9.10. The summed E-state index contributed by atoms with van der Waals surface area (Å²) in [6, 6.07) is 5.92. The SMILES string of the molecule is C/C=C\C1=C(C)CCCC1C1CC(=NC#N)c2cc(Br)ccc2O1. The molecule has 0 spiro atoms. The standard InChI is InChI=1S/C20H21BrN2O/c1-3-5-15-13(2)6-4-7-16(15)20-11-18(23-12-22)17-10-14(21)8-9-19(17)24-20/h3,5,8-10,16,20H,4,6-7,11H2,1-2H3/b5-3-,23-18?. The molecule has 0 fully saturated rings. The molecular weight excluding hydrogens is 364 g/mol. The second-order valence-corrected chi connectivity index (χ2v) is 7.31. The van der Waals surface area contributed by atoms with Gasteiger partial charge in [0.15, 0.2) is 0 Å². The van der Waals surface area contributed by atoms with E-state index in [2.05, 4.69) is 46.9 Å². The second kappa shape index (κ2) is 7.36. The summed E-state index contributed by atoms with van der Waals surface area (Å²) in [5.74, 6) is 1.18. The monoisotopic (exact) mass is 384 g/mol. The smallest absolute Gasteiger partial charge is 0.205 e. The molecule has 2 unspecified atom stereocenters. The second-order valence-electron chi connectivity index (χ2n) is 6.39. The van der Waals surface area contributed by atoms with Crippen LogP contribution in [0.25, 0.3) is 0 Å². The van der Waals surface area contributed by atoms with Gasteiger partial charge in [-0.3, -0.25) is 0 Å². The number of nitrogens with zero attached hydrogens (tertiary/aromatic N) is 2. The highest BCUT2D eigenvalue weighted by atomic mass is 79.9. The number of benzene rings is 1. The number of fused-ring (bicyclic) bond motifs is 1.